The molecule has 0 amide bonds. The van der Waals surface area contributed by atoms with E-state index in [4.69, 9.17) is 5.21 Å². The molecule has 1 rings (SSSR count). The highest BCUT2D eigenvalue weighted by molar-refractivity contribution is 4.61. The van der Waals surface area contributed by atoms with Crippen molar-refractivity contribution in [1.82, 2.24) is 9.91 Å². The molecule has 1 saturated heterocycles. The van der Waals surface area contributed by atoms with E-state index < -0.39 is 0 Å². The van der Waals surface area contributed by atoms with Crippen LogP contribution in [0.25, 0.3) is 0 Å². The highest BCUT2D eigenvalue weighted by Gasteiger charge is 2.19. The zero-order valence-electron chi connectivity index (χ0n) is 6.47. The van der Waals surface area contributed by atoms with Gasteiger partial charge in [0.25, 0.3) is 0 Å². The number of piperazine rings is 1. The summed E-state index contributed by atoms with van der Waals surface area (Å²) in [6.45, 7) is 2.89. The number of rotatable bonds is 1. The molecule has 0 atom stereocenters. The molecule has 1 N–H and O–H groups in total. The van der Waals surface area contributed by atoms with Gasteiger partial charge in [-0.25, -0.2) is 0 Å². The molecular formula is C5H12N4O2. The lowest BCUT2D eigenvalue weighted by atomic mass is 10.4. The van der Waals surface area contributed by atoms with Crippen molar-refractivity contribution in [3.05, 3.63) is 5.21 Å². The molecule has 1 aliphatic rings. The standard InChI is InChI=1S/C5H12N4O2/c1-7-2-4-8(5-3-7)9(11)6-10/h10H,2-5H2,1H3/b9-6-. The first kappa shape index (κ1) is 8.06. The summed E-state index contributed by atoms with van der Waals surface area (Å²) in [6.07, 6.45) is 0. The Labute approximate surface area is 64.8 Å². The van der Waals surface area contributed by atoms with Crippen molar-refractivity contribution in [3.63, 3.8) is 0 Å². The van der Waals surface area contributed by atoms with Crippen molar-refractivity contribution in [2.75, 3.05) is 33.2 Å². The van der Waals surface area contributed by atoms with Crippen LogP contribution in [0.1, 0.15) is 0 Å². The third-order valence-electron chi connectivity index (χ3n) is 1.80. The van der Waals surface area contributed by atoms with Crippen LogP contribution in [0, 0.1) is 5.21 Å². The zero-order valence-corrected chi connectivity index (χ0v) is 6.47. The molecule has 1 aliphatic heterocycles. The smallest absolute Gasteiger partial charge is 0.230 e. The SMILES string of the molecule is CN1CCN(/[N+]([O-])=N/O)CC1. The van der Waals surface area contributed by atoms with E-state index in [1.54, 1.807) is 0 Å². The van der Waals surface area contributed by atoms with Crippen LogP contribution in [0.15, 0.2) is 5.28 Å². The van der Waals surface area contributed by atoms with Crippen molar-refractivity contribution in [2.24, 2.45) is 5.28 Å². The summed E-state index contributed by atoms with van der Waals surface area (Å²) in [5.41, 5.74) is 0. The molecule has 0 saturated carbocycles. The van der Waals surface area contributed by atoms with Gasteiger partial charge in [0.05, 0.1) is 18.1 Å². The Morgan fingerprint density at radius 2 is 1.91 bits per heavy atom. The van der Waals surface area contributed by atoms with Gasteiger partial charge in [-0.05, 0) is 7.05 Å². The van der Waals surface area contributed by atoms with Crippen molar-refractivity contribution in [1.29, 1.82) is 0 Å². The third kappa shape index (κ3) is 1.94. The average molecular weight is 160 g/mol. The first-order valence-electron chi connectivity index (χ1n) is 3.49. The molecule has 6 heteroatoms. The van der Waals surface area contributed by atoms with Gasteiger partial charge in [0.2, 0.25) is 5.28 Å². The maximum absolute atomic E-state index is 10.7. The normalized spacial score (nSPS) is 22.3. The second-order valence-corrected chi connectivity index (χ2v) is 2.60. The van der Waals surface area contributed by atoms with Gasteiger partial charge in [0.1, 0.15) is 0 Å². The van der Waals surface area contributed by atoms with Gasteiger partial charge in [-0.3, -0.25) is 0 Å². The molecule has 0 aliphatic carbocycles. The number of hydrazine groups is 1. The van der Waals surface area contributed by atoms with E-state index in [2.05, 4.69) is 10.2 Å². The van der Waals surface area contributed by atoms with E-state index in [-0.39, 0.29) is 4.97 Å². The van der Waals surface area contributed by atoms with Crippen LogP contribution in [0.5, 0.6) is 0 Å². The topological polar surface area (TPSA) is 65.1 Å². The summed E-state index contributed by atoms with van der Waals surface area (Å²) in [4.78, 5) is 2.34. The van der Waals surface area contributed by atoms with Crippen molar-refractivity contribution < 1.29 is 10.2 Å². The summed E-state index contributed by atoms with van der Waals surface area (Å²) in [5, 5.41) is 22.8. The lowest BCUT2D eigenvalue weighted by Crippen LogP contribution is -2.47. The van der Waals surface area contributed by atoms with Crippen LogP contribution in [0.2, 0.25) is 0 Å². The minimum atomic E-state index is 0.229. The molecule has 64 valence electrons. The molecule has 0 bridgehead atoms. The summed E-state index contributed by atoms with van der Waals surface area (Å²) < 4.78 is 0. The summed E-state index contributed by atoms with van der Waals surface area (Å²) in [7, 11) is 1.99. The fourth-order valence-electron chi connectivity index (χ4n) is 1.02. The lowest BCUT2D eigenvalue weighted by molar-refractivity contribution is -0.711. The molecule has 1 heterocycles. The number of hydrogen-bond acceptors (Lipinski definition) is 3. The molecule has 0 aromatic heterocycles. The Balaban J connectivity index is 2.39. The van der Waals surface area contributed by atoms with Crippen molar-refractivity contribution in [2.45, 2.75) is 0 Å². The molecule has 0 spiro atoms. The van der Waals surface area contributed by atoms with Crippen LogP contribution in [0.4, 0.5) is 0 Å². The van der Waals surface area contributed by atoms with Gasteiger partial charge in [-0.1, -0.05) is 0 Å². The third-order valence-corrected chi connectivity index (χ3v) is 1.80. The number of hydrogen-bond donors (Lipinski definition) is 1. The Bertz CT molecular complexity index is 153. The zero-order chi connectivity index (χ0) is 8.27. The summed E-state index contributed by atoms with van der Waals surface area (Å²) in [5.74, 6) is 0. The summed E-state index contributed by atoms with van der Waals surface area (Å²) >= 11 is 0. The highest BCUT2D eigenvalue weighted by atomic mass is 16.6. The lowest BCUT2D eigenvalue weighted by Gasteiger charge is -2.28. The van der Waals surface area contributed by atoms with Gasteiger partial charge in [0.15, 0.2) is 0 Å². The molecule has 0 aromatic rings. The fourth-order valence-corrected chi connectivity index (χ4v) is 1.02. The highest BCUT2D eigenvalue weighted by Crippen LogP contribution is 1.98. The second kappa shape index (κ2) is 3.38. The van der Waals surface area contributed by atoms with E-state index in [0.29, 0.717) is 13.1 Å². The molecule has 0 aromatic carbocycles. The maximum Gasteiger partial charge on any atom is 0.230 e. The van der Waals surface area contributed by atoms with Crippen LogP contribution >= 0.6 is 0 Å². The minimum absolute atomic E-state index is 0.229. The molecule has 0 unspecified atom stereocenters. The van der Waals surface area contributed by atoms with Gasteiger partial charge in [0, 0.05) is 13.1 Å². The van der Waals surface area contributed by atoms with E-state index in [1.165, 1.54) is 5.01 Å². The minimum Gasteiger partial charge on any atom is -0.569 e. The maximum atomic E-state index is 10.7. The van der Waals surface area contributed by atoms with Gasteiger partial charge in [-0.2, -0.15) is 0 Å². The first-order valence-corrected chi connectivity index (χ1v) is 3.49. The predicted octanol–water partition coefficient (Wildman–Crippen LogP) is -0.500. The van der Waals surface area contributed by atoms with Crippen LogP contribution in [-0.4, -0.2) is 53.3 Å². The second-order valence-electron chi connectivity index (χ2n) is 2.60. The van der Waals surface area contributed by atoms with Gasteiger partial charge >= 0.3 is 0 Å². The Kier molecular flexibility index (Phi) is 2.48. The molecule has 1 fully saturated rings. The molecular weight excluding hydrogens is 148 g/mol. The van der Waals surface area contributed by atoms with Crippen molar-refractivity contribution >= 4 is 0 Å². The first-order chi connectivity index (χ1) is 5.24. The van der Waals surface area contributed by atoms with Crippen LogP contribution in [-0.2, 0) is 0 Å². The molecule has 0 radical (unpaired) electrons. The van der Waals surface area contributed by atoms with E-state index >= 15 is 0 Å². The largest absolute Gasteiger partial charge is 0.569 e. The fraction of sp³-hybridized carbons (Fsp3) is 1.00. The number of likely N-dealkylation sites (N-methyl/N-ethyl adjacent to an activating group) is 1. The van der Waals surface area contributed by atoms with E-state index in [0.717, 1.165) is 13.1 Å². The Morgan fingerprint density at radius 1 is 1.36 bits per heavy atom. The average Bonchev–Trinajstić information content (AvgIpc) is 2.05. The predicted molar refractivity (Wildman–Crippen MR) is 36.9 cm³/mol. The Hall–Kier alpha value is -1.04. The monoisotopic (exact) mass is 160 g/mol. The van der Waals surface area contributed by atoms with Crippen LogP contribution < -0.4 is 0 Å². The quantitative estimate of drug-likeness (QED) is 0.319. The molecule has 6 nitrogen and oxygen atoms in total. The van der Waals surface area contributed by atoms with E-state index in [1.807, 2.05) is 7.05 Å². The summed E-state index contributed by atoms with van der Waals surface area (Å²) in [6, 6.07) is 0. The Morgan fingerprint density at radius 3 is 2.36 bits per heavy atom. The molecule has 11 heavy (non-hydrogen) atoms. The number of nitrogens with zero attached hydrogens (tertiary/aromatic N) is 4. The van der Waals surface area contributed by atoms with Gasteiger partial charge < -0.3 is 15.3 Å². The van der Waals surface area contributed by atoms with Gasteiger partial charge in [-0.15, -0.1) is 5.01 Å². The van der Waals surface area contributed by atoms with Crippen LogP contribution in [0.3, 0.4) is 0 Å². The van der Waals surface area contributed by atoms with E-state index in [9.17, 15) is 5.21 Å². The van der Waals surface area contributed by atoms with Crippen molar-refractivity contribution in [3.8, 4) is 0 Å².